The normalized spacial score (nSPS) is 18.8. The van der Waals surface area contributed by atoms with Gasteiger partial charge in [0.05, 0.1) is 5.75 Å². The average molecular weight is 368 g/mol. The van der Waals surface area contributed by atoms with Crippen LogP contribution in [-0.4, -0.2) is 55.3 Å². The third-order valence-electron chi connectivity index (χ3n) is 4.15. The number of aryl methyl sites for hydroxylation is 1. The van der Waals surface area contributed by atoms with Gasteiger partial charge in [-0.15, -0.1) is 0 Å². The molecule has 1 atom stereocenters. The summed E-state index contributed by atoms with van der Waals surface area (Å²) in [6.07, 6.45) is -2.03. The van der Waals surface area contributed by atoms with Crippen LogP contribution in [0.2, 0.25) is 0 Å². The predicted molar refractivity (Wildman–Crippen MR) is 84.0 cm³/mol. The van der Waals surface area contributed by atoms with Crippen molar-refractivity contribution in [3.05, 3.63) is 17.7 Å². The maximum absolute atomic E-state index is 12.7. The maximum Gasteiger partial charge on any atom is 0.434 e. The molecule has 24 heavy (non-hydrogen) atoms. The topological polar surface area (TPSA) is 67.2 Å². The number of fused-ring (bicyclic) bond motifs is 1. The van der Waals surface area contributed by atoms with Crippen LogP contribution in [0.5, 0.6) is 0 Å². The number of aromatic nitrogens is 2. The minimum atomic E-state index is -4.41. The standard InChI is InChI=1S/C14H23F3N4O2S/c1-3-24(22,23)18-6-7-20(2)8-11-4-5-13-19-12(14(15,16)17)10-21(13)9-11/h10-11,18H,3-9H2,1-2H3/t11-/m0/s1. The molecule has 6 nitrogen and oxygen atoms in total. The minimum Gasteiger partial charge on any atom is -0.334 e. The molecular formula is C14H23F3N4O2S. The second kappa shape index (κ2) is 7.40. The molecule has 2 heterocycles. The molecule has 1 aliphatic rings. The van der Waals surface area contributed by atoms with Gasteiger partial charge in [-0.2, -0.15) is 13.2 Å². The zero-order valence-corrected chi connectivity index (χ0v) is 14.6. The largest absolute Gasteiger partial charge is 0.434 e. The number of alkyl halides is 3. The third-order valence-corrected chi connectivity index (χ3v) is 5.55. The van der Waals surface area contributed by atoms with Gasteiger partial charge in [0.25, 0.3) is 0 Å². The minimum absolute atomic E-state index is 0.0459. The number of imidazole rings is 1. The summed E-state index contributed by atoms with van der Waals surface area (Å²) in [7, 11) is -1.32. The fourth-order valence-corrected chi connectivity index (χ4v) is 3.43. The Bertz CT molecular complexity index is 657. The fourth-order valence-electron chi connectivity index (χ4n) is 2.83. The van der Waals surface area contributed by atoms with Crippen LogP contribution in [0, 0.1) is 5.92 Å². The molecule has 1 N–H and O–H groups in total. The van der Waals surface area contributed by atoms with Crippen LogP contribution in [0.4, 0.5) is 13.2 Å². The van der Waals surface area contributed by atoms with E-state index >= 15 is 0 Å². The fraction of sp³-hybridized carbons (Fsp3) is 0.786. The Balaban J connectivity index is 1.84. The van der Waals surface area contributed by atoms with E-state index in [1.807, 2.05) is 11.9 Å². The maximum atomic E-state index is 12.7. The number of hydrogen-bond donors (Lipinski definition) is 1. The Morgan fingerprint density at radius 1 is 1.46 bits per heavy atom. The Labute approximate surface area is 140 Å². The highest BCUT2D eigenvalue weighted by Crippen LogP contribution is 2.30. The lowest BCUT2D eigenvalue weighted by Gasteiger charge is -2.28. The van der Waals surface area contributed by atoms with E-state index in [4.69, 9.17) is 0 Å². The van der Waals surface area contributed by atoms with E-state index in [9.17, 15) is 21.6 Å². The van der Waals surface area contributed by atoms with E-state index in [0.29, 0.717) is 38.4 Å². The number of hydrogen-bond acceptors (Lipinski definition) is 4. The van der Waals surface area contributed by atoms with Gasteiger partial charge in [0, 0.05) is 38.8 Å². The van der Waals surface area contributed by atoms with Gasteiger partial charge in [-0.3, -0.25) is 0 Å². The number of likely N-dealkylation sites (N-methyl/N-ethyl adjacent to an activating group) is 1. The summed E-state index contributed by atoms with van der Waals surface area (Å²) in [5.41, 5.74) is -0.833. The van der Waals surface area contributed by atoms with Crippen LogP contribution < -0.4 is 4.72 Å². The van der Waals surface area contributed by atoms with Crippen LogP contribution in [0.1, 0.15) is 24.9 Å². The lowest BCUT2D eigenvalue weighted by Crippen LogP contribution is -2.37. The van der Waals surface area contributed by atoms with Gasteiger partial charge in [-0.1, -0.05) is 0 Å². The zero-order chi connectivity index (χ0) is 18.0. The van der Waals surface area contributed by atoms with Crippen LogP contribution in [-0.2, 0) is 29.2 Å². The SMILES string of the molecule is CCS(=O)(=O)NCCN(C)C[C@@H]1CCc2nc(C(F)(F)F)cn2C1. The smallest absolute Gasteiger partial charge is 0.334 e. The summed E-state index contributed by atoms with van der Waals surface area (Å²) in [5, 5.41) is 0. The summed E-state index contributed by atoms with van der Waals surface area (Å²) >= 11 is 0. The molecule has 1 aromatic rings. The van der Waals surface area contributed by atoms with Crippen molar-refractivity contribution in [1.29, 1.82) is 0 Å². The summed E-state index contributed by atoms with van der Waals surface area (Å²) in [6, 6.07) is 0. The molecule has 10 heteroatoms. The monoisotopic (exact) mass is 368 g/mol. The van der Waals surface area contributed by atoms with Gasteiger partial charge in [0.15, 0.2) is 5.69 Å². The second-order valence-electron chi connectivity index (χ2n) is 6.16. The molecule has 1 aliphatic heterocycles. The molecular weight excluding hydrogens is 345 g/mol. The molecule has 0 saturated heterocycles. The van der Waals surface area contributed by atoms with Gasteiger partial charge in [0.2, 0.25) is 10.0 Å². The number of sulfonamides is 1. The van der Waals surface area contributed by atoms with Crippen molar-refractivity contribution in [2.75, 3.05) is 32.4 Å². The summed E-state index contributed by atoms with van der Waals surface area (Å²) in [4.78, 5) is 5.66. The predicted octanol–water partition coefficient (Wildman–Crippen LogP) is 1.34. The highest BCUT2D eigenvalue weighted by atomic mass is 32.2. The van der Waals surface area contributed by atoms with Crippen molar-refractivity contribution >= 4 is 10.0 Å². The van der Waals surface area contributed by atoms with Crippen molar-refractivity contribution in [1.82, 2.24) is 19.2 Å². The first-order valence-electron chi connectivity index (χ1n) is 7.90. The molecule has 0 radical (unpaired) electrons. The van der Waals surface area contributed by atoms with Gasteiger partial charge < -0.3 is 9.47 Å². The van der Waals surface area contributed by atoms with E-state index < -0.39 is 21.9 Å². The Kier molecular flexibility index (Phi) is 5.92. The lowest BCUT2D eigenvalue weighted by atomic mass is 9.99. The van der Waals surface area contributed by atoms with Crippen molar-refractivity contribution in [3.8, 4) is 0 Å². The number of nitrogens with zero attached hydrogens (tertiary/aromatic N) is 3. The highest BCUT2D eigenvalue weighted by molar-refractivity contribution is 7.89. The summed E-state index contributed by atoms with van der Waals surface area (Å²) in [6.45, 7) is 3.66. The summed E-state index contributed by atoms with van der Waals surface area (Å²) in [5.74, 6) is 0.752. The molecule has 0 amide bonds. The molecule has 1 aromatic heterocycles. The van der Waals surface area contributed by atoms with Gasteiger partial charge >= 0.3 is 6.18 Å². The zero-order valence-electron chi connectivity index (χ0n) is 13.8. The first-order valence-corrected chi connectivity index (χ1v) is 9.55. The molecule has 0 aliphatic carbocycles. The van der Waals surface area contributed by atoms with Crippen LogP contribution in [0.3, 0.4) is 0 Å². The molecule has 0 unspecified atom stereocenters. The van der Waals surface area contributed by atoms with Crippen LogP contribution in [0.25, 0.3) is 0 Å². The van der Waals surface area contributed by atoms with Gasteiger partial charge in [-0.05, 0) is 26.3 Å². The molecule has 0 spiro atoms. The van der Waals surface area contributed by atoms with Crippen molar-refractivity contribution in [3.63, 3.8) is 0 Å². The summed E-state index contributed by atoms with van der Waals surface area (Å²) < 4.78 is 64.9. The quantitative estimate of drug-likeness (QED) is 0.789. The van der Waals surface area contributed by atoms with Crippen molar-refractivity contribution < 1.29 is 21.6 Å². The van der Waals surface area contributed by atoms with Crippen LogP contribution in [0.15, 0.2) is 6.20 Å². The van der Waals surface area contributed by atoms with Gasteiger partial charge in [0.1, 0.15) is 5.82 Å². The average Bonchev–Trinajstić information content (AvgIpc) is 2.90. The molecule has 0 fully saturated rings. The van der Waals surface area contributed by atoms with Gasteiger partial charge in [-0.25, -0.2) is 18.1 Å². The second-order valence-corrected chi connectivity index (χ2v) is 8.25. The van der Waals surface area contributed by atoms with Crippen molar-refractivity contribution in [2.24, 2.45) is 5.92 Å². The van der Waals surface area contributed by atoms with E-state index in [1.165, 1.54) is 0 Å². The molecule has 0 saturated carbocycles. The molecule has 0 bridgehead atoms. The highest BCUT2D eigenvalue weighted by Gasteiger charge is 2.35. The van der Waals surface area contributed by atoms with Crippen LogP contribution >= 0.6 is 0 Å². The Hall–Kier alpha value is -1.13. The first-order chi connectivity index (χ1) is 11.1. The third kappa shape index (κ3) is 5.18. The van der Waals surface area contributed by atoms with Crippen molar-refractivity contribution in [2.45, 2.75) is 32.5 Å². The first kappa shape index (κ1) is 19.2. The molecule has 138 valence electrons. The molecule has 2 rings (SSSR count). The molecule has 0 aromatic carbocycles. The number of rotatable bonds is 7. The number of nitrogens with one attached hydrogen (secondary N) is 1. The lowest BCUT2D eigenvalue weighted by molar-refractivity contribution is -0.141. The van der Waals surface area contributed by atoms with E-state index in [1.54, 1.807) is 11.5 Å². The Morgan fingerprint density at radius 2 is 2.17 bits per heavy atom. The van der Waals surface area contributed by atoms with E-state index in [0.717, 1.165) is 12.6 Å². The van der Waals surface area contributed by atoms with E-state index in [-0.39, 0.29) is 11.7 Å². The Morgan fingerprint density at radius 3 is 2.79 bits per heavy atom. The number of halogens is 3. The van der Waals surface area contributed by atoms with E-state index in [2.05, 4.69) is 9.71 Å².